The maximum atomic E-state index is 5.85. The smallest absolute Gasteiger partial charge is 0.238 e. The van der Waals surface area contributed by atoms with Crippen molar-refractivity contribution < 1.29 is 0 Å². The van der Waals surface area contributed by atoms with Crippen LogP contribution in [0.1, 0.15) is 0 Å². The average molecular weight is 1520 g/mol. The lowest BCUT2D eigenvalue weighted by Crippen LogP contribution is -2.07. The van der Waals surface area contributed by atoms with Crippen LogP contribution < -0.4 is 0 Å². The van der Waals surface area contributed by atoms with E-state index in [9.17, 15) is 0 Å². The van der Waals surface area contributed by atoms with Crippen molar-refractivity contribution in [1.82, 2.24) is 37.8 Å². The van der Waals surface area contributed by atoms with Crippen LogP contribution in [-0.4, -0.2) is 37.8 Å². The monoisotopic (exact) mass is 1510 g/mol. The Bertz CT molecular complexity index is 7160. The van der Waals surface area contributed by atoms with Crippen molar-refractivity contribution in [2.75, 3.05) is 0 Å². The number of hydrogen-bond donors (Lipinski definition) is 0. The van der Waals surface area contributed by atoms with Crippen LogP contribution in [0, 0.1) is 0 Å². The summed E-state index contributed by atoms with van der Waals surface area (Å²) < 4.78 is 12.1. The third-order valence-corrected chi connectivity index (χ3v) is 24.2. The first-order valence-electron chi connectivity index (χ1n) is 40.6. The molecule has 0 saturated carbocycles. The minimum atomic E-state index is 0.479. The highest BCUT2D eigenvalue weighted by atomic mass is 15.2. The minimum Gasteiger partial charge on any atom is -0.309 e. The van der Waals surface area contributed by atoms with Gasteiger partial charge in [0.15, 0.2) is 11.6 Å². The molecule has 6 heterocycles. The molecule has 0 fully saturated rings. The summed E-state index contributed by atoms with van der Waals surface area (Å²) >= 11 is 0. The third-order valence-electron chi connectivity index (χ3n) is 24.2. The molecule has 0 N–H and O–H groups in total. The Balaban J connectivity index is 0.799. The molecule has 0 radical (unpaired) electrons. The molecule has 0 saturated heterocycles. The summed E-state index contributed by atoms with van der Waals surface area (Å²) in [6.07, 6.45) is 0. The van der Waals surface area contributed by atoms with E-state index < -0.39 is 0 Å². The van der Waals surface area contributed by atoms with Crippen LogP contribution in [0.5, 0.6) is 0 Å². The van der Waals surface area contributed by atoms with Gasteiger partial charge in [-0.3, -0.25) is 4.57 Å². The Labute approximate surface area is 685 Å². The van der Waals surface area contributed by atoms with Crippen LogP contribution in [-0.2, 0) is 0 Å². The van der Waals surface area contributed by atoms with Crippen molar-refractivity contribution in [3.63, 3.8) is 0 Å². The van der Waals surface area contributed by atoms with Crippen LogP contribution in [0.4, 0.5) is 0 Å². The highest BCUT2D eigenvalue weighted by molar-refractivity contribution is 6.15. The van der Waals surface area contributed by atoms with E-state index in [0.29, 0.717) is 17.6 Å². The largest absolute Gasteiger partial charge is 0.309 e. The molecule has 0 unspecified atom stereocenters. The molecule has 24 aromatic rings. The second-order valence-electron chi connectivity index (χ2n) is 31.1. The summed E-state index contributed by atoms with van der Waals surface area (Å²) in [6.45, 7) is 0. The van der Waals surface area contributed by atoms with Crippen molar-refractivity contribution in [3.05, 3.63) is 425 Å². The Morgan fingerprint density at radius 2 is 0.336 bits per heavy atom. The highest BCUT2D eigenvalue weighted by Gasteiger charge is 2.26. The lowest BCUT2D eigenvalue weighted by Gasteiger charge is -2.16. The van der Waals surface area contributed by atoms with Crippen molar-refractivity contribution in [3.8, 4) is 118 Å². The van der Waals surface area contributed by atoms with E-state index in [4.69, 9.17) is 15.0 Å². The van der Waals surface area contributed by atoms with Crippen molar-refractivity contribution in [2.45, 2.75) is 0 Å². The van der Waals surface area contributed by atoms with E-state index >= 15 is 0 Å². The Kier molecular flexibility index (Phi) is 15.5. The summed E-state index contributed by atoms with van der Waals surface area (Å²) in [7, 11) is 0. The highest BCUT2D eigenvalue weighted by Crippen LogP contribution is 2.46. The second-order valence-corrected chi connectivity index (χ2v) is 31.1. The first kappa shape index (κ1) is 67.5. The SMILES string of the molecule is c1ccc(-c2cc(-c3ccccc3)cc(-c3nc(-c4cc(-c5ccccc5)cc(-c5ccccc5)c4)nc(-n4c5ccc(-c6cc(-n7c8ccccc8c8ccccc87)cc(-n7c8ccccc8c8ccccc87)c6)cc5c5cc(-c6cc(-n7c8ccccc8c8ccccc87)cc(-n7c8ccccc8c8ccccc87)c6)ccc54)n3)c2)cc1. The van der Waals surface area contributed by atoms with Gasteiger partial charge >= 0.3 is 0 Å². The molecule has 0 aliphatic heterocycles. The van der Waals surface area contributed by atoms with E-state index in [-0.39, 0.29) is 0 Å². The maximum absolute atomic E-state index is 5.85. The zero-order valence-electron chi connectivity index (χ0n) is 64.5. The Morgan fingerprint density at radius 3 is 0.588 bits per heavy atom. The van der Waals surface area contributed by atoms with Gasteiger partial charge in [0.2, 0.25) is 5.95 Å². The summed E-state index contributed by atoms with van der Waals surface area (Å²) in [4.78, 5) is 17.4. The zero-order chi connectivity index (χ0) is 78.2. The predicted octanol–water partition coefficient (Wildman–Crippen LogP) is 28.7. The molecule has 554 valence electrons. The molecule has 24 rings (SSSR count). The van der Waals surface area contributed by atoms with E-state index in [1.54, 1.807) is 0 Å². The minimum absolute atomic E-state index is 0.479. The van der Waals surface area contributed by atoms with Gasteiger partial charge < -0.3 is 18.3 Å². The first-order chi connectivity index (χ1) is 59.0. The molecule has 8 nitrogen and oxygen atoms in total. The molecule has 0 aliphatic rings. The first-order valence-corrected chi connectivity index (χ1v) is 40.6. The second kappa shape index (κ2) is 27.3. The van der Waals surface area contributed by atoms with E-state index in [0.717, 1.165) is 167 Å². The molecule has 6 aromatic heterocycles. The summed E-state index contributed by atoms with van der Waals surface area (Å²) in [6, 6.07) is 155. The number of hydrogen-bond acceptors (Lipinski definition) is 3. The molecular weight excluding hydrogens is 1450 g/mol. The van der Waals surface area contributed by atoms with Gasteiger partial charge in [0.25, 0.3) is 0 Å². The molecule has 0 bridgehead atoms. The van der Waals surface area contributed by atoms with E-state index in [1.165, 1.54) is 43.1 Å². The molecule has 0 atom stereocenters. The fourth-order valence-corrected chi connectivity index (χ4v) is 18.9. The van der Waals surface area contributed by atoms with Gasteiger partial charge in [-0.15, -0.1) is 0 Å². The summed E-state index contributed by atoms with van der Waals surface area (Å²) in [5, 5.41) is 11.7. The predicted molar refractivity (Wildman–Crippen MR) is 495 cm³/mol. The summed E-state index contributed by atoms with van der Waals surface area (Å²) in [5.74, 6) is 1.55. The van der Waals surface area contributed by atoms with Gasteiger partial charge in [-0.25, -0.2) is 4.98 Å². The lowest BCUT2D eigenvalue weighted by molar-refractivity contribution is 0.953. The van der Waals surface area contributed by atoms with E-state index in [2.05, 4.69) is 447 Å². The normalized spacial score (nSPS) is 11.9. The molecule has 0 spiro atoms. The fraction of sp³-hybridized carbons (Fsp3) is 0. The van der Waals surface area contributed by atoms with Crippen molar-refractivity contribution >= 4 is 109 Å². The standard InChI is InChI=1S/C111H70N8/c1-5-29-71(30-6-1)77-57-78(72-31-7-2-8-32-72)60-83(59-77)109-112-110(84-61-79(73-33-9-3-10-34-73)58-80(62-84)74-35-11-4-12-36-74)114-111(113-109)119-107-55-53-75(81-63-85(115-99-45-21-13-37-89(99)90-38-14-22-46-100(90)115)69-86(64-81)116-101-47-23-15-39-91(101)92-40-16-24-48-102(92)116)67-97(107)98-68-76(54-56-108(98)119)82-65-87(117-103-49-25-17-41-93(103)94-42-18-26-50-104(94)117)70-88(66-82)118-105-51-27-19-43-95(105)96-44-20-28-52-106(96)118/h1-70H. The third kappa shape index (κ3) is 11.2. The Morgan fingerprint density at radius 1 is 0.126 bits per heavy atom. The quantitative estimate of drug-likeness (QED) is 0.116. The van der Waals surface area contributed by atoms with Gasteiger partial charge in [0.1, 0.15) is 0 Å². The topological polar surface area (TPSA) is 63.3 Å². The number of aromatic nitrogens is 8. The van der Waals surface area contributed by atoms with Crippen molar-refractivity contribution in [1.29, 1.82) is 0 Å². The molecule has 119 heavy (non-hydrogen) atoms. The van der Waals surface area contributed by atoms with Crippen LogP contribution in [0.15, 0.2) is 425 Å². The van der Waals surface area contributed by atoms with Gasteiger partial charge in [-0.05, 0) is 212 Å². The van der Waals surface area contributed by atoms with Gasteiger partial charge in [0, 0.05) is 87.7 Å². The number of para-hydroxylation sites is 8. The fourth-order valence-electron chi connectivity index (χ4n) is 18.9. The molecule has 18 aromatic carbocycles. The number of rotatable bonds is 13. The lowest BCUT2D eigenvalue weighted by atomic mass is 9.95. The van der Waals surface area contributed by atoms with Crippen LogP contribution in [0.25, 0.3) is 227 Å². The Hall–Kier alpha value is -16.0. The van der Waals surface area contributed by atoms with Crippen molar-refractivity contribution in [2.24, 2.45) is 0 Å². The number of benzene rings is 18. The molecule has 8 heteroatoms. The maximum Gasteiger partial charge on any atom is 0.238 e. The van der Waals surface area contributed by atoms with E-state index in [1.807, 2.05) is 0 Å². The van der Waals surface area contributed by atoms with Gasteiger partial charge in [0.05, 0.1) is 55.2 Å². The number of fused-ring (bicyclic) bond motifs is 15. The average Bonchev–Trinajstić information content (AvgIpc) is 1.57. The number of nitrogens with zero attached hydrogens (tertiary/aromatic N) is 8. The summed E-state index contributed by atoms with van der Waals surface area (Å²) in [5.41, 5.74) is 29.6. The van der Waals surface area contributed by atoms with Crippen LogP contribution in [0.3, 0.4) is 0 Å². The zero-order valence-corrected chi connectivity index (χ0v) is 64.5. The van der Waals surface area contributed by atoms with Gasteiger partial charge in [-0.1, -0.05) is 279 Å². The van der Waals surface area contributed by atoms with Crippen LogP contribution in [0.2, 0.25) is 0 Å². The molecule has 0 amide bonds. The molecule has 0 aliphatic carbocycles. The molecular formula is C111H70N8. The van der Waals surface area contributed by atoms with Gasteiger partial charge in [-0.2, -0.15) is 9.97 Å². The van der Waals surface area contributed by atoms with Crippen LogP contribution >= 0.6 is 0 Å².